The second-order valence-electron chi connectivity index (χ2n) is 6.02. The molecule has 2 aliphatic heterocycles. The Kier molecular flexibility index (Phi) is 4.39. The highest BCUT2D eigenvalue weighted by molar-refractivity contribution is 5.92. The SMILES string of the molecule is CN1CCN(c2cccc(C(=O)N3CCCCC3)n2)CC1. The van der Waals surface area contributed by atoms with Crippen LogP contribution in [0.4, 0.5) is 5.82 Å². The minimum atomic E-state index is 0.0886. The molecule has 1 amide bonds. The molecule has 21 heavy (non-hydrogen) atoms. The van der Waals surface area contributed by atoms with Gasteiger partial charge in [-0.05, 0) is 38.4 Å². The number of pyridine rings is 1. The average molecular weight is 288 g/mol. The van der Waals surface area contributed by atoms with Crippen molar-refractivity contribution in [3.63, 3.8) is 0 Å². The van der Waals surface area contributed by atoms with Crippen molar-refractivity contribution in [2.75, 3.05) is 51.2 Å². The predicted molar refractivity (Wildman–Crippen MR) is 83.7 cm³/mol. The first kappa shape index (κ1) is 14.3. The highest BCUT2D eigenvalue weighted by Crippen LogP contribution is 2.16. The summed E-state index contributed by atoms with van der Waals surface area (Å²) in [6, 6.07) is 5.81. The number of nitrogens with zero attached hydrogens (tertiary/aromatic N) is 4. The Labute approximate surface area is 126 Å². The molecule has 3 heterocycles. The molecule has 2 aliphatic rings. The maximum atomic E-state index is 12.5. The number of hydrogen-bond acceptors (Lipinski definition) is 4. The summed E-state index contributed by atoms with van der Waals surface area (Å²) in [7, 11) is 2.14. The Morgan fingerprint density at radius 2 is 1.71 bits per heavy atom. The molecule has 5 heteroatoms. The number of likely N-dealkylation sites (tertiary alicyclic amines) is 1. The summed E-state index contributed by atoms with van der Waals surface area (Å²) in [4.78, 5) is 23.7. The molecule has 0 aliphatic carbocycles. The molecule has 0 radical (unpaired) electrons. The first-order valence-corrected chi connectivity index (χ1v) is 7.94. The monoisotopic (exact) mass is 288 g/mol. The van der Waals surface area contributed by atoms with E-state index in [0.717, 1.165) is 57.9 Å². The van der Waals surface area contributed by atoms with Gasteiger partial charge in [0.15, 0.2) is 0 Å². The van der Waals surface area contributed by atoms with Crippen LogP contribution in [0, 0.1) is 0 Å². The van der Waals surface area contributed by atoms with Crippen molar-refractivity contribution in [3.05, 3.63) is 23.9 Å². The normalized spacial score (nSPS) is 20.6. The van der Waals surface area contributed by atoms with Gasteiger partial charge in [0.05, 0.1) is 0 Å². The van der Waals surface area contributed by atoms with Crippen molar-refractivity contribution in [2.24, 2.45) is 0 Å². The Morgan fingerprint density at radius 1 is 1.00 bits per heavy atom. The molecule has 3 rings (SSSR count). The van der Waals surface area contributed by atoms with Crippen molar-refractivity contribution < 1.29 is 4.79 Å². The van der Waals surface area contributed by atoms with Crippen LogP contribution in [-0.4, -0.2) is 67.0 Å². The molecule has 0 spiro atoms. The van der Waals surface area contributed by atoms with Crippen LogP contribution in [0.3, 0.4) is 0 Å². The molecule has 1 aromatic heterocycles. The standard InChI is InChI=1S/C16H24N4O/c1-18-10-12-19(13-11-18)15-7-5-6-14(17-15)16(21)20-8-3-2-4-9-20/h5-7H,2-4,8-13H2,1H3. The lowest BCUT2D eigenvalue weighted by atomic mass is 10.1. The van der Waals surface area contributed by atoms with E-state index in [2.05, 4.69) is 21.8 Å². The number of anilines is 1. The van der Waals surface area contributed by atoms with Gasteiger partial charge >= 0.3 is 0 Å². The molecule has 114 valence electrons. The van der Waals surface area contributed by atoms with Gasteiger partial charge in [0.1, 0.15) is 11.5 Å². The van der Waals surface area contributed by atoms with Crippen molar-refractivity contribution in [3.8, 4) is 0 Å². The van der Waals surface area contributed by atoms with E-state index in [4.69, 9.17) is 0 Å². The van der Waals surface area contributed by atoms with Crippen molar-refractivity contribution >= 4 is 11.7 Å². The molecule has 0 N–H and O–H groups in total. The molecule has 0 aromatic carbocycles. The molecule has 0 bridgehead atoms. The van der Waals surface area contributed by atoms with Crippen LogP contribution in [0.15, 0.2) is 18.2 Å². The third-order valence-electron chi connectivity index (χ3n) is 4.42. The summed E-state index contributed by atoms with van der Waals surface area (Å²) in [5.74, 6) is 1.02. The van der Waals surface area contributed by atoms with E-state index >= 15 is 0 Å². The molecule has 0 atom stereocenters. The zero-order valence-corrected chi connectivity index (χ0v) is 12.8. The number of aromatic nitrogens is 1. The molecule has 0 saturated carbocycles. The second-order valence-corrected chi connectivity index (χ2v) is 6.02. The highest BCUT2D eigenvalue weighted by atomic mass is 16.2. The van der Waals surface area contributed by atoms with E-state index in [1.807, 2.05) is 23.1 Å². The minimum Gasteiger partial charge on any atom is -0.354 e. The van der Waals surface area contributed by atoms with Gasteiger partial charge in [-0.2, -0.15) is 0 Å². The molecular weight excluding hydrogens is 264 g/mol. The van der Waals surface area contributed by atoms with Crippen LogP contribution in [0.1, 0.15) is 29.8 Å². The number of hydrogen-bond donors (Lipinski definition) is 0. The predicted octanol–water partition coefficient (Wildman–Crippen LogP) is 1.46. The smallest absolute Gasteiger partial charge is 0.272 e. The molecule has 2 fully saturated rings. The van der Waals surface area contributed by atoms with Crippen LogP contribution >= 0.6 is 0 Å². The van der Waals surface area contributed by atoms with Crippen LogP contribution in [0.5, 0.6) is 0 Å². The van der Waals surface area contributed by atoms with Gasteiger partial charge < -0.3 is 14.7 Å². The number of amides is 1. The fourth-order valence-electron chi connectivity index (χ4n) is 3.01. The maximum Gasteiger partial charge on any atom is 0.272 e. The lowest BCUT2D eigenvalue weighted by molar-refractivity contribution is 0.0718. The van der Waals surface area contributed by atoms with Gasteiger partial charge in [0.2, 0.25) is 0 Å². The topological polar surface area (TPSA) is 39.7 Å². The molecule has 5 nitrogen and oxygen atoms in total. The Balaban J connectivity index is 1.71. The molecule has 1 aromatic rings. The van der Waals surface area contributed by atoms with Gasteiger partial charge in [-0.1, -0.05) is 6.07 Å². The first-order valence-electron chi connectivity index (χ1n) is 7.94. The fraction of sp³-hybridized carbons (Fsp3) is 0.625. The van der Waals surface area contributed by atoms with Crippen LogP contribution in [0.2, 0.25) is 0 Å². The third-order valence-corrected chi connectivity index (χ3v) is 4.42. The van der Waals surface area contributed by atoms with Gasteiger partial charge in [-0.25, -0.2) is 4.98 Å². The minimum absolute atomic E-state index is 0.0886. The lowest BCUT2D eigenvalue weighted by Gasteiger charge is -2.33. The second kappa shape index (κ2) is 6.43. The summed E-state index contributed by atoms with van der Waals surface area (Å²) in [5, 5.41) is 0. The Bertz CT molecular complexity index is 491. The lowest BCUT2D eigenvalue weighted by Crippen LogP contribution is -2.45. The highest BCUT2D eigenvalue weighted by Gasteiger charge is 2.21. The molecule has 2 saturated heterocycles. The van der Waals surface area contributed by atoms with Crippen molar-refractivity contribution in [2.45, 2.75) is 19.3 Å². The van der Waals surface area contributed by atoms with Crippen molar-refractivity contribution in [1.82, 2.24) is 14.8 Å². The number of carbonyl (C=O) groups is 1. The van der Waals surface area contributed by atoms with Crippen LogP contribution < -0.4 is 4.90 Å². The average Bonchev–Trinajstić information content (AvgIpc) is 2.56. The quantitative estimate of drug-likeness (QED) is 0.826. The largest absolute Gasteiger partial charge is 0.354 e. The third kappa shape index (κ3) is 3.35. The van der Waals surface area contributed by atoms with Crippen LogP contribution in [-0.2, 0) is 0 Å². The number of rotatable bonds is 2. The number of piperidine rings is 1. The summed E-state index contributed by atoms with van der Waals surface area (Å²) in [6.45, 7) is 5.80. The summed E-state index contributed by atoms with van der Waals surface area (Å²) < 4.78 is 0. The number of carbonyl (C=O) groups excluding carboxylic acids is 1. The van der Waals surface area contributed by atoms with Gasteiger partial charge in [-0.3, -0.25) is 4.79 Å². The van der Waals surface area contributed by atoms with E-state index < -0.39 is 0 Å². The Morgan fingerprint density at radius 3 is 2.43 bits per heavy atom. The summed E-state index contributed by atoms with van der Waals surface area (Å²) in [5.41, 5.74) is 0.591. The zero-order chi connectivity index (χ0) is 14.7. The van der Waals surface area contributed by atoms with Gasteiger partial charge in [0, 0.05) is 39.3 Å². The summed E-state index contributed by atoms with van der Waals surface area (Å²) in [6.07, 6.45) is 3.46. The number of piperazine rings is 1. The first-order chi connectivity index (χ1) is 10.2. The van der Waals surface area contributed by atoms with E-state index in [1.165, 1.54) is 6.42 Å². The van der Waals surface area contributed by atoms with E-state index in [1.54, 1.807) is 0 Å². The molecule has 0 unspecified atom stereocenters. The zero-order valence-electron chi connectivity index (χ0n) is 12.8. The van der Waals surface area contributed by atoms with E-state index in [0.29, 0.717) is 5.69 Å². The van der Waals surface area contributed by atoms with E-state index in [-0.39, 0.29) is 5.91 Å². The van der Waals surface area contributed by atoms with Crippen molar-refractivity contribution in [1.29, 1.82) is 0 Å². The molecular formula is C16H24N4O. The van der Waals surface area contributed by atoms with E-state index in [9.17, 15) is 4.79 Å². The number of likely N-dealkylation sites (N-methyl/N-ethyl adjacent to an activating group) is 1. The van der Waals surface area contributed by atoms with Crippen LogP contribution in [0.25, 0.3) is 0 Å². The van der Waals surface area contributed by atoms with Gasteiger partial charge in [0.25, 0.3) is 5.91 Å². The maximum absolute atomic E-state index is 12.5. The Hall–Kier alpha value is -1.62. The van der Waals surface area contributed by atoms with Gasteiger partial charge in [-0.15, -0.1) is 0 Å². The summed E-state index contributed by atoms with van der Waals surface area (Å²) >= 11 is 0. The fourth-order valence-corrected chi connectivity index (χ4v) is 3.01.